The van der Waals surface area contributed by atoms with Crippen LogP contribution in [-0.2, 0) is 14.3 Å². The Morgan fingerprint density at radius 3 is 2.67 bits per heavy atom. The fraction of sp³-hybridized carbons (Fsp3) is 0.450. The third-order valence-electron chi connectivity index (χ3n) is 3.83. The van der Waals surface area contributed by atoms with E-state index in [2.05, 4.69) is 16.5 Å². The lowest BCUT2D eigenvalue weighted by molar-refractivity contribution is -0.124. The summed E-state index contributed by atoms with van der Waals surface area (Å²) in [7, 11) is 0. The number of hydrogen-bond donors (Lipinski definition) is 0. The molecule has 2 rings (SSSR count). The second kappa shape index (κ2) is 8.79. The van der Waals surface area contributed by atoms with Crippen LogP contribution in [0.5, 0.6) is 0 Å². The molecule has 1 fully saturated rings. The lowest BCUT2D eigenvalue weighted by atomic mass is 10.2. The van der Waals surface area contributed by atoms with Crippen LogP contribution >= 0.6 is 0 Å². The van der Waals surface area contributed by atoms with Gasteiger partial charge in [-0.15, -0.1) is 0 Å². The van der Waals surface area contributed by atoms with Gasteiger partial charge in [0.15, 0.2) is 6.10 Å². The molecule has 0 radical (unpaired) electrons. The molecule has 1 aromatic rings. The molecule has 1 saturated heterocycles. The highest BCUT2D eigenvalue weighted by Crippen LogP contribution is 2.24. The first-order valence-electron chi connectivity index (χ1n) is 8.81. The highest BCUT2D eigenvalue weighted by Gasteiger charge is 2.34. The zero-order valence-electron chi connectivity index (χ0n) is 16.2. The van der Waals surface area contributed by atoms with Gasteiger partial charge in [-0.1, -0.05) is 6.58 Å². The summed E-state index contributed by atoms with van der Waals surface area (Å²) in [6.45, 7) is 10.6. The van der Waals surface area contributed by atoms with Crippen molar-refractivity contribution >= 4 is 11.6 Å². The molecule has 0 spiro atoms. The number of rotatable bonds is 8. The molecule has 0 unspecified atom stereocenters. The van der Waals surface area contributed by atoms with E-state index in [4.69, 9.17) is 9.47 Å². The van der Waals surface area contributed by atoms with E-state index in [-0.39, 0.29) is 12.5 Å². The third-order valence-corrected chi connectivity index (χ3v) is 3.83. The van der Waals surface area contributed by atoms with Crippen LogP contribution in [0.15, 0.2) is 48.7 Å². The molecule has 0 bridgehead atoms. The van der Waals surface area contributed by atoms with Gasteiger partial charge in [-0.3, -0.25) is 4.79 Å². The molecule has 0 aliphatic carbocycles. The predicted molar refractivity (Wildman–Crippen MR) is 102 cm³/mol. The van der Waals surface area contributed by atoms with Crippen molar-refractivity contribution in [2.75, 3.05) is 18.1 Å². The smallest absolute Gasteiger partial charge is 0.268 e. The standard InChI is InChI=1S/C20H26FN3O3/c1-6-17(8-7-14(2)26-13-20(4,5)21)27-18-9-10-24(19(18)25)16-11-22-15(3)23-12-16/h6-8,11-12,18H,2,9-10,13H2,1,3-5H3/b8-7-,17-6+/t18-/m1/s1. The summed E-state index contributed by atoms with van der Waals surface area (Å²) in [4.78, 5) is 22.5. The number of anilines is 1. The topological polar surface area (TPSA) is 64.5 Å². The number of nitrogens with zero attached hydrogens (tertiary/aromatic N) is 3. The van der Waals surface area contributed by atoms with Gasteiger partial charge in [-0.2, -0.15) is 0 Å². The van der Waals surface area contributed by atoms with E-state index in [1.165, 1.54) is 13.8 Å². The molecule has 0 N–H and O–H groups in total. The Labute approximate surface area is 159 Å². The highest BCUT2D eigenvalue weighted by atomic mass is 19.1. The molecule has 1 aliphatic heterocycles. The molecule has 1 aromatic heterocycles. The van der Waals surface area contributed by atoms with Crippen molar-refractivity contribution in [3.8, 4) is 0 Å². The van der Waals surface area contributed by atoms with Crippen molar-refractivity contribution in [3.05, 3.63) is 54.5 Å². The fourth-order valence-corrected chi connectivity index (χ4v) is 2.40. The number of halogens is 1. The number of ether oxygens (including phenoxy) is 2. The Balaban J connectivity index is 1.93. The van der Waals surface area contributed by atoms with Gasteiger partial charge in [0, 0.05) is 13.0 Å². The molecular weight excluding hydrogens is 349 g/mol. The predicted octanol–water partition coefficient (Wildman–Crippen LogP) is 3.65. The van der Waals surface area contributed by atoms with E-state index >= 15 is 0 Å². The summed E-state index contributed by atoms with van der Waals surface area (Å²) in [5.41, 5.74) is -0.777. The van der Waals surface area contributed by atoms with Gasteiger partial charge < -0.3 is 14.4 Å². The second-order valence-electron chi connectivity index (χ2n) is 6.87. The number of aryl methyl sites for hydroxylation is 1. The van der Waals surface area contributed by atoms with E-state index < -0.39 is 11.8 Å². The van der Waals surface area contributed by atoms with Crippen LogP contribution in [-0.4, -0.2) is 40.8 Å². The summed E-state index contributed by atoms with van der Waals surface area (Å²) in [5.74, 6) is 1.35. The SMILES string of the molecule is C=C(/C=C\C(=C/C)O[C@@H]1CCN(c2cnc(C)nc2)C1=O)OCC(C)(C)F. The lowest BCUT2D eigenvalue weighted by Gasteiger charge is -2.17. The quantitative estimate of drug-likeness (QED) is 0.513. The van der Waals surface area contributed by atoms with Gasteiger partial charge in [-0.25, -0.2) is 14.4 Å². The number of alkyl halides is 1. The molecule has 2 heterocycles. The molecule has 27 heavy (non-hydrogen) atoms. The van der Waals surface area contributed by atoms with Crippen LogP contribution < -0.4 is 4.90 Å². The Kier molecular flexibility index (Phi) is 6.71. The molecule has 1 amide bonds. The number of hydrogen-bond acceptors (Lipinski definition) is 5. The Hall–Kier alpha value is -2.70. The van der Waals surface area contributed by atoms with E-state index in [1.54, 1.807) is 49.4 Å². The van der Waals surface area contributed by atoms with Gasteiger partial charge in [0.2, 0.25) is 0 Å². The average molecular weight is 375 g/mol. The summed E-state index contributed by atoms with van der Waals surface area (Å²) >= 11 is 0. The van der Waals surface area contributed by atoms with Crippen molar-refractivity contribution in [1.29, 1.82) is 0 Å². The summed E-state index contributed by atoms with van der Waals surface area (Å²) in [6.07, 6.45) is 8.23. The Morgan fingerprint density at radius 2 is 2.07 bits per heavy atom. The molecule has 0 aromatic carbocycles. The van der Waals surface area contributed by atoms with Crippen LogP contribution in [0.2, 0.25) is 0 Å². The van der Waals surface area contributed by atoms with Crippen LogP contribution in [0.1, 0.15) is 33.0 Å². The first-order chi connectivity index (χ1) is 12.7. The van der Waals surface area contributed by atoms with Crippen LogP contribution in [0.3, 0.4) is 0 Å². The second-order valence-corrected chi connectivity index (χ2v) is 6.87. The van der Waals surface area contributed by atoms with E-state index in [0.29, 0.717) is 36.0 Å². The number of carbonyl (C=O) groups excluding carboxylic acids is 1. The van der Waals surface area contributed by atoms with Crippen molar-refractivity contribution in [1.82, 2.24) is 9.97 Å². The van der Waals surface area contributed by atoms with Gasteiger partial charge in [0.05, 0.1) is 18.1 Å². The molecule has 7 heteroatoms. The average Bonchev–Trinajstić information content (AvgIpc) is 2.97. The maximum atomic E-state index is 13.4. The van der Waals surface area contributed by atoms with Gasteiger partial charge in [0.25, 0.3) is 5.91 Å². The van der Waals surface area contributed by atoms with Crippen molar-refractivity contribution < 1.29 is 18.7 Å². The lowest BCUT2D eigenvalue weighted by Crippen LogP contribution is -2.30. The maximum Gasteiger partial charge on any atom is 0.268 e. The maximum absolute atomic E-state index is 13.4. The van der Waals surface area contributed by atoms with E-state index in [1.807, 2.05) is 0 Å². The number of allylic oxidation sites excluding steroid dienone is 3. The number of aromatic nitrogens is 2. The molecule has 1 aliphatic rings. The zero-order valence-corrected chi connectivity index (χ0v) is 16.2. The van der Waals surface area contributed by atoms with Crippen molar-refractivity contribution in [3.63, 3.8) is 0 Å². The molecule has 0 saturated carbocycles. The Bertz CT molecular complexity index is 736. The number of amides is 1. The van der Waals surface area contributed by atoms with Gasteiger partial charge in [0.1, 0.15) is 29.6 Å². The van der Waals surface area contributed by atoms with Gasteiger partial charge in [-0.05, 0) is 45.9 Å². The summed E-state index contributed by atoms with van der Waals surface area (Å²) in [6, 6.07) is 0. The molecule has 146 valence electrons. The monoisotopic (exact) mass is 375 g/mol. The highest BCUT2D eigenvalue weighted by molar-refractivity contribution is 5.98. The van der Waals surface area contributed by atoms with E-state index in [0.717, 1.165) is 0 Å². The first-order valence-corrected chi connectivity index (χ1v) is 8.81. The normalized spacial score (nSPS) is 18.3. The van der Waals surface area contributed by atoms with Crippen molar-refractivity contribution in [2.24, 2.45) is 0 Å². The minimum atomic E-state index is -1.43. The molecule has 6 nitrogen and oxygen atoms in total. The largest absolute Gasteiger partial charge is 0.491 e. The van der Waals surface area contributed by atoms with E-state index in [9.17, 15) is 9.18 Å². The first kappa shape index (κ1) is 20.6. The van der Waals surface area contributed by atoms with Crippen LogP contribution in [0, 0.1) is 6.92 Å². The summed E-state index contributed by atoms with van der Waals surface area (Å²) in [5, 5.41) is 0. The minimum absolute atomic E-state index is 0.0864. The van der Waals surface area contributed by atoms with Crippen LogP contribution in [0.25, 0.3) is 0 Å². The minimum Gasteiger partial charge on any atom is -0.491 e. The number of carbonyl (C=O) groups is 1. The summed E-state index contributed by atoms with van der Waals surface area (Å²) < 4.78 is 24.5. The molecule has 1 atom stereocenters. The fourth-order valence-electron chi connectivity index (χ4n) is 2.40. The molecular formula is C20H26FN3O3. The Morgan fingerprint density at radius 1 is 1.41 bits per heavy atom. The van der Waals surface area contributed by atoms with Gasteiger partial charge >= 0.3 is 0 Å². The van der Waals surface area contributed by atoms with Crippen LogP contribution in [0.4, 0.5) is 10.1 Å². The third kappa shape index (κ3) is 6.20. The zero-order chi connectivity index (χ0) is 20.0. The van der Waals surface area contributed by atoms with Crippen molar-refractivity contribution in [2.45, 2.75) is 45.9 Å².